The van der Waals surface area contributed by atoms with Crippen LogP contribution in [-0.4, -0.2) is 54.3 Å². The van der Waals surface area contributed by atoms with Crippen LogP contribution in [0.3, 0.4) is 0 Å². The topological polar surface area (TPSA) is 39.6 Å². The van der Waals surface area contributed by atoms with Crippen LogP contribution in [0, 0.1) is 5.95 Å². The third-order valence-electron chi connectivity index (χ3n) is 2.86. The summed E-state index contributed by atoms with van der Waals surface area (Å²) in [5.41, 5.74) is 0.885. The number of nitrogens with zero attached hydrogens (tertiary/aromatic N) is 3. The molecule has 0 radical (unpaired) electrons. The standard InChI is InChI=1S/C11H16FN3O/c12-11-9-10(1-2-13-11)15-5-3-14(4-6-15)7-8-16/h1-2,9,16H,3-8H2. The number of rotatable bonds is 3. The van der Waals surface area contributed by atoms with Crippen LogP contribution < -0.4 is 4.90 Å². The Bertz CT molecular complexity index is 340. The fraction of sp³-hybridized carbons (Fsp3) is 0.545. The van der Waals surface area contributed by atoms with Gasteiger partial charge in [-0.15, -0.1) is 0 Å². The van der Waals surface area contributed by atoms with E-state index >= 15 is 0 Å². The summed E-state index contributed by atoms with van der Waals surface area (Å²) in [7, 11) is 0. The first-order valence-electron chi connectivity index (χ1n) is 5.49. The number of aliphatic hydroxyl groups excluding tert-OH is 1. The molecule has 16 heavy (non-hydrogen) atoms. The number of halogens is 1. The Hall–Kier alpha value is -1.20. The highest BCUT2D eigenvalue weighted by Gasteiger charge is 2.16. The van der Waals surface area contributed by atoms with Gasteiger partial charge in [-0.1, -0.05) is 0 Å². The number of hydrogen-bond donors (Lipinski definition) is 1. The SMILES string of the molecule is OCCN1CCN(c2ccnc(F)c2)CC1. The van der Waals surface area contributed by atoms with Crippen LogP contribution in [0.15, 0.2) is 18.3 Å². The Morgan fingerprint density at radius 1 is 1.31 bits per heavy atom. The van der Waals surface area contributed by atoms with E-state index in [1.165, 1.54) is 12.3 Å². The minimum Gasteiger partial charge on any atom is -0.395 e. The van der Waals surface area contributed by atoms with Gasteiger partial charge in [0.15, 0.2) is 0 Å². The van der Waals surface area contributed by atoms with Gasteiger partial charge in [-0.05, 0) is 6.07 Å². The van der Waals surface area contributed by atoms with E-state index in [1.807, 2.05) is 6.07 Å². The van der Waals surface area contributed by atoms with Gasteiger partial charge in [-0.3, -0.25) is 4.90 Å². The molecule has 1 saturated heterocycles. The van der Waals surface area contributed by atoms with Crippen molar-refractivity contribution >= 4 is 5.69 Å². The van der Waals surface area contributed by atoms with Crippen molar-refractivity contribution in [2.24, 2.45) is 0 Å². The molecule has 0 aliphatic carbocycles. The molecule has 5 heteroatoms. The normalized spacial score (nSPS) is 17.8. The van der Waals surface area contributed by atoms with E-state index in [4.69, 9.17) is 5.11 Å². The zero-order valence-corrected chi connectivity index (χ0v) is 9.14. The van der Waals surface area contributed by atoms with Crippen molar-refractivity contribution in [3.05, 3.63) is 24.3 Å². The average molecular weight is 225 g/mol. The fourth-order valence-corrected chi connectivity index (χ4v) is 1.96. The summed E-state index contributed by atoms with van der Waals surface area (Å²) in [6, 6.07) is 3.28. The molecule has 2 heterocycles. The fourth-order valence-electron chi connectivity index (χ4n) is 1.96. The second kappa shape index (κ2) is 5.23. The van der Waals surface area contributed by atoms with Gasteiger partial charge in [0.05, 0.1) is 6.61 Å². The summed E-state index contributed by atoms with van der Waals surface area (Å²) in [6.45, 7) is 4.46. The number of anilines is 1. The van der Waals surface area contributed by atoms with Crippen LogP contribution in [0.2, 0.25) is 0 Å². The average Bonchev–Trinajstić information content (AvgIpc) is 2.30. The Morgan fingerprint density at radius 3 is 2.69 bits per heavy atom. The molecule has 0 aromatic carbocycles. The van der Waals surface area contributed by atoms with E-state index in [2.05, 4.69) is 14.8 Å². The molecule has 0 unspecified atom stereocenters. The Balaban J connectivity index is 1.94. The van der Waals surface area contributed by atoms with Crippen molar-refractivity contribution in [2.75, 3.05) is 44.2 Å². The molecule has 1 aromatic rings. The quantitative estimate of drug-likeness (QED) is 0.753. The van der Waals surface area contributed by atoms with Crippen LogP contribution in [0.4, 0.5) is 10.1 Å². The molecule has 1 fully saturated rings. The zero-order chi connectivity index (χ0) is 11.4. The maximum atomic E-state index is 12.9. The van der Waals surface area contributed by atoms with Gasteiger partial charge in [0.25, 0.3) is 0 Å². The number of aromatic nitrogens is 1. The van der Waals surface area contributed by atoms with E-state index < -0.39 is 5.95 Å². The summed E-state index contributed by atoms with van der Waals surface area (Å²) in [5.74, 6) is -0.435. The Labute approximate surface area is 94.3 Å². The molecule has 1 N–H and O–H groups in total. The van der Waals surface area contributed by atoms with Gasteiger partial charge in [-0.2, -0.15) is 4.39 Å². The van der Waals surface area contributed by atoms with Crippen LogP contribution in [-0.2, 0) is 0 Å². The summed E-state index contributed by atoms with van der Waals surface area (Å²) in [6.07, 6.45) is 1.49. The van der Waals surface area contributed by atoms with Gasteiger partial charge < -0.3 is 10.0 Å². The molecule has 0 amide bonds. The minimum absolute atomic E-state index is 0.198. The number of β-amino-alcohol motifs (C(OH)–C–C–N with tert-alkyl or cyclic N) is 1. The molecule has 88 valence electrons. The largest absolute Gasteiger partial charge is 0.395 e. The Kier molecular flexibility index (Phi) is 3.69. The lowest BCUT2D eigenvalue weighted by molar-refractivity contribution is 0.189. The minimum atomic E-state index is -0.435. The number of hydrogen-bond acceptors (Lipinski definition) is 4. The molecule has 0 atom stereocenters. The highest BCUT2D eigenvalue weighted by Crippen LogP contribution is 2.15. The van der Waals surface area contributed by atoms with Crippen LogP contribution in [0.25, 0.3) is 0 Å². The first-order valence-corrected chi connectivity index (χ1v) is 5.49. The Morgan fingerprint density at radius 2 is 2.06 bits per heavy atom. The van der Waals surface area contributed by atoms with Gasteiger partial charge in [0.1, 0.15) is 0 Å². The lowest BCUT2D eigenvalue weighted by Gasteiger charge is -2.35. The maximum Gasteiger partial charge on any atom is 0.214 e. The third-order valence-corrected chi connectivity index (χ3v) is 2.86. The van der Waals surface area contributed by atoms with E-state index in [0.29, 0.717) is 0 Å². The summed E-state index contributed by atoms with van der Waals surface area (Å²) in [4.78, 5) is 7.88. The first-order chi connectivity index (χ1) is 7.79. The third kappa shape index (κ3) is 2.68. The number of pyridine rings is 1. The van der Waals surface area contributed by atoms with Gasteiger partial charge in [0, 0.05) is 50.7 Å². The van der Waals surface area contributed by atoms with Gasteiger partial charge >= 0.3 is 0 Å². The second-order valence-corrected chi connectivity index (χ2v) is 3.89. The monoisotopic (exact) mass is 225 g/mol. The van der Waals surface area contributed by atoms with E-state index in [0.717, 1.165) is 38.4 Å². The molecule has 0 bridgehead atoms. The van der Waals surface area contributed by atoms with E-state index in [9.17, 15) is 4.39 Å². The van der Waals surface area contributed by atoms with Crippen molar-refractivity contribution in [3.8, 4) is 0 Å². The molecule has 1 aliphatic heterocycles. The van der Waals surface area contributed by atoms with E-state index in [1.54, 1.807) is 0 Å². The predicted octanol–water partition coefficient (Wildman–Crippen LogP) is 0.335. The highest BCUT2D eigenvalue weighted by molar-refractivity contribution is 5.45. The summed E-state index contributed by atoms with van der Waals surface area (Å²) in [5, 5.41) is 8.82. The lowest BCUT2D eigenvalue weighted by atomic mass is 10.2. The molecular formula is C11H16FN3O. The predicted molar refractivity (Wildman–Crippen MR) is 59.9 cm³/mol. The molecule has 2 rings (SSSR count). The first kappa shape index (κ1) is 11.3. The molecule has 1 aromatic heterocycles. The lowest BCUT2D eigenvalue weighted by Crippen LogP contribution is -2.47. The second-order valence-electron chi connectivity index (χ2n) is 3.89. The summed E-state index contributed by atoms with van der Waals surface area (Å²) >= 11 is 0. The molecule has 1 aliphatic rings. The van der Waals surface area contributed by atoms with Crippen molar-refractivity contribution in [1.82, 2.24) is 9.88 Å². The maximum absolute atomic E-state index is 12.9. The molecular weight excluding hydrogens is 209 g/mol. The highest BCUT2D eigenvalue weighted by atomic mass is 19.1. The van der Waals surface area contributed by atoms with Crippen molar-refractivity contribution < 1.29 is 9.50 Å². The van der Waals surface area contributed by atoms with Gasteiger partial charge in [0.2, 0.25) is 5.95 Å². The van der Waals surface area contributed by atoms with E-state index in [-0.39, 0.29) is 6.61 Å². The van der Waals surface area contributed by atoms with Crippen molar-refractivity contribution in [2.45, 2.75) is 0 Å². The summed E-state index contributed by atoms with van der Waals surface area (Å²) < 4.78 is 12.9. The number of piperazine rings is 1. The van der Waals surface area contributed by atoms with Gasteiger partial charge in [-0.25, -0.2) is 4.98 Å². The molecule has 0 spiro atoms. The smallest absolute Gasteiger partial charge is 0.214 e. The zero-order valence-electron chi connectivity index (χ0n) is 9.14. The molecule has 4 nitrogen and oxygen atoms in total. The van der Waals surface area contributed by atoms with Crippen LogP contribution in [0.5, 0.6) is 0 Å². The number of aliphatic hydroxyl groups is 1. The molecule has 0 saturated carbocycles. The van der Waals surface area contributed by atoms with Crippen molar-refractivity contribution in [3.63, 3.8) is 0 Å². The van der Waals surface area contributed by atoms with Crippen LogP contribution in [0.1, 0.15) is 0 Å². The van der Waals surface area contributed by atoms with Crippen molar-refractivity contribution in [1.29, 1.82) is 0 Å². The van der Waals surface area contributed by atoms with Crippen LogP contribution >= 0.6 is 0 Å².